The predicted octanol–water partition coefficient (Wildman–Crippen LogP) is 1.52. The lowest BCUT2D eigenvalue weighted by atomic mass is 10.2. The molecule has 0 radical (unpaired) electrons. The highest BCUT2D eigenvalue weighted by Gasteiger charge is 2.10. The number of hydrogen-bond acceptors (Lipinski definition) is 6. The van der Waals surface area contributed by atoms with Crippen LogP contribution >= 0.6 is 11.8 Å². The second kappa shape index (κ2) is 9.43. The van der Waals surface area contributed by atoms with Crippen molar-refractivity contribution in [3.05, 3.63) is 59.8 Å². The van der Waals surface area contributed by atoms with Crippen LogP contribution in [0.4, 0.5) is 5.82 Å². The van der Waals surface area contributed by atoms with Crippen molar-refractivity contribution < 1.29 is 14.4 Å². The van der Waals surface area contributed by atoms with Crippen LogP contribution in [0.1, 0.15) is 15.9 Å². The Morgan fingerprint density at radius 2 is 1.80 bits per heavy atom. The number of nitrogens with zero attached hydrogens (tertiary/aromatic N) is 1. The number of carbonyl (C=O) groups is 3. The Morgan fingerprint density at radius 1 is 1.04 bits per heavy atom. The van der Waals surface area contributed by atoms with E-state index < -0.39 is 11.8 Å². The number of nitrogens with one attached hydrogen (secondary N) is 3. The highest BCUT2D eigenvalue weighted by Crippen LogP contribution is 2.11. The third-order valence-corrected chi connectivity index (χ3v) is 3.94. The van der Waals surface area contributed by atoms with Gasteiger partial charge in [-0.1, -0.05) is 48.2 Å². The maximum atomic E-state index is 11.9. The topological polar surface area (TPSA) is 100 Å². The molecule has 0 aliphatic rings. The molecule has 1 aromatic heterocycles. The number of pyridine rings is 1. The molecule has 130 valence electrons. The van der Waals surface area contributed by atoms with Gasteiger partial charge in [-0.25, -0.2) is 4.98 Å². The Balaban J connectivity index is 1.64. The zero-order chi connectivity index (χ0) is 18.1. The summed E-state index contributed by atoms with van der Waals surface area (Å²) in [6, 6.07) is 12.3. The van der Waals surface area contributed by atoms with E-state index in [1.807, 2.05) is 19.1 Å². The molecule has 7 nitrogen and oxygen atoms in total. The summed E-state index contributed by atoms with van der Waals surface area (Å²) >= 11 is 0.893. The first-order valence-corrected chi connectivity index (χ1v) is 8.49. The van der Waals surface area contributed by atoms with E-state index in [1.165, 1.54) is 0 Å². The van der Waals surface area contributed by atoms with E-state index in [9.17, 15) is 14.4 Å². The molecule has 0 bridgehead atoms. The fourth-order valence-electron chi connectivity index (χ4n) is 1.74. The maximum absolute atomic E-state index is 11.9. The summed E-state index contributed by atoms with van der Waals surface area (Å²) in [5.74, 6) is -0.365. The SMILES string of the molecule is Cc1ccc(NNC(=O)CNC(=O)CSC(=O)c2ccccc2)nc1. The van der Waals surface area contributed by atoms with Gasteiger partial charge in [0, 0.05) is 11.8 Å². The molecule has 2 amide bonds. The first-order chi connectivity index (χ1) is 12.0. The van der Waals surface area contributed by atoms with E-state index in [-0.39, 0.29) is 17.4 Å². The standard InChI is InChI=1S/C17H18N4O3S/c1-12-7-8-14(18-9-12)20-21-15(22)10-19-16(23)11-25-17(24)13-5-3-2-4-6-13/h2-9H,10-11H2,1H3,(H,18,20)(H,19,23)(H,21,22). The Morgan fingerprint density at radius 3 is 2.48 bits per heavy atom. The first kappa shape index (κ1) is 18.5. The third-order valence-electron chi connectivity index (χ3n) is 3.03. The molecule has 3 N–H and O–H groups in total. The first-order valence-electron chi connectivity index (χ1n) is 7.51. The molecule has 1 heterocycles. The van der Waals surface area contributed by atoms with Gasteiger partial charge >= 0.3 is 0 Å². The summed E-state index contributed by atoms with van der Waals surface area (Å²) in [5.41, 5.74) is 6.61. The van der Waals surface area contributed by atoms with Crippen molar-refractivity contribution in [3.8, 4) is 0 Å². The normalized spacial score (nSPS) is 9.96. The van der Waals surface area contributed by atoms with Gasteiger partial charge in [0.25, 0.3) is 5.91 Å². The molecular weight excluding hydrogens is 340 g/mol. The molecule has 0 aliphatic carbocycles. The van der Waals surface area contributed by atoms with Gasteiger partial charge in [-0.15, -0.1) is 0 Å². The van der Waals surface area contributed by atoms with Crippen LogP contribution in [0.2, 0.25) is 0 Å². The number of anilines is 1. The number of hydrogen-bond donors (Lipinski definition) is 3. The Hall–Kier alpha value is -2.87. The van der Waals surface area contributed by atoms with Crippen molar-refractivity contribution >= 4 is 34.5 Å². The van der Waals surface area contributed by atoms with Crippen molar-refractivity contribution in [3.63, 3.8) is 0 Å². The van der Waals surface area contributed by atoms with E-state index in [2.05, 4.69) is 21.2 Å². The monoisotopic (exact) mass is 358 g/mol. The van der Waals surface area contributed by atoms with Crippen LogP contribution in [-0.2, 0) is 9.59 Å². The zero-order valence-corrected chi connectivity index (χ0v) is 14.4. The van der Waals surface area contributed by atoms with Crippen LogP contribution in [0.5, 0.6) is 0 Å². The molecular formula is C17H18N4O3S. The number of benzene rings is 1. The Bertz CT molecular complexity index is 735. The molecule has 25 heavy (non-hydrogen) atoms. The molecule has 0 aliphatic heterocycles. The molecule has 2 aromatic rings. The predicted molar refractivity (Wildman–Crippen MR) is 97.0 cm³/mol. The quantitative estimate of drug-likeness (QED) is 0.649. The number of aromatic nitrogens is 1. The van der Waals surface area contributed by atoms with Crippen molar-refractivity contribution in [2.45, 2.75) is 6.92 Å². The van der Waals surface area contributed by atoms with Crippen molar-refractivity contribution in [1.29, 1.82) is 0 Å². The van der Waals surface area contributed by atoms with E-state index in [1.54, 1.807) is 36.5 Å². The summed E-state index contributed by atoms with van der Waals surface area (Å²) in [4.78, 5) is 39.3. The summed E-state index contributed by atoms with van der Waals surface area (Å²) in [6.07, 6.45) is 1.66. The van der Waals surface area contributed by atoms with Gasteiger partial charge in [0.2, 0.25) is 11.0 Å². The lowest BCUT2D eigenvalue weighted by molar-refractivity contribution is -0.124. The Kier molecular flexibility index (Phi) is 6.97. The fourth-order valence-corrected chi connectivity index (χ4v) is 2.41. The number of amides is 2. The minimum Gasteiger partial charge on any atom is -0.346 e. The van der Waals surface area contributed by atoms with Crippen LogP contribution in [0, 0.1) is 6.92 Å². The van der Waals surface area contributed by atoms with Crippen LogP contribution in [0.3, 0.4) is 0 Å². The number of hydrazine groups is 1. The smallest absolute Gasteiger partial charge is 0.257 e. The highest BCUT2D eigenvalue weighted by atomic mass is 32.2. The van der Waals surface area contributed by atoms with E-state index >= 15 is 0 Å². The molecule has 0 atom stereocenters. The number of aryl methyl sites for hydroxylation is 1. The van der Waals surface area contributed by atoms with Gasteiger partial charge in [-0.3, -0.25) is 25.2 Å². The number of thioether (sulfide) groups is 1. The van der Waals surface area contributed by atoms with Crippen molar-refractivity contribution in [1.82, 2.24) is 15.7 Å². The molecule has 0 unspecified atom stereocenters. The molecule has 0 saturated carbocycles. The van der Waals surface area contributed by atoms with Gasteiger partial charge in [0.05, 0.1) is 12.3 Å². The average molecular weight is 358 g/mol. The molecule has 8 heteroatoms. The minimum atomic E-state index is -0.421. The lowest BCUT2D eigenvalue weighted by Gasteiger charge is -2.08. The lowest BCUT2D eigenvalue weighted by Crippen LogP contribution is -2.40. The van der Waals surface area contributed by atoms with E-state index in [4.69, 9.17) is 0 Å². The second-order valence-electron chi connectivity index (χ2n) is 5.11. The van der Waals surface area contributed by atoms with Gasteiger partial charge in [0.1, 0.15) is 5.82 Å². The summed E-state index contributed by atoms with van der Waals surface area (Å²) in [6.45, 7) is 1.71. The molecule has 0 saturated heterocycles. The highest BCUT2D eigenvalue weighted by molar-refractivity contribution is 8.14. The van der Waals surface area contributed by atoms with Gasteiger partial charge in [0.15, 0.2) is 0 Å². The van der Waals surface area contributed by atoms with Crippen molar-refractivity contribution in [2.24, 2.45) is 0 Å². The van der Waals surface area contributed by atoms with E-state index in [0.717, 1.165) is 17.3 Å². The molecule has 2 rings (SSSR count). The average Bonchev–Trinajstić information content (AvgIpc) is 2.64. The zero-order valence-electron chi connectivity index (χ0n) is 13.6. The van der Waals surface area contributed by atoms with Crippen LogP contribution in [-0.4, -0.2) is 34.2 Å². The Labute approximate surface area is 149 Å². The van der Waals surface area contributed by atoms with E-state index in [0.29, 0.717) is 11.4 Å². The fraction of sp³-hybridized carbons (Fsp3) is 0.176. The molecule has 0 spiro atoms. The third kappa shape index (κ3) is 6.64. The van der Waals surface area contributed by atoms with Crippen LogP contribution < -0.4 is 16.2 Å². The summed E-state index contributed by atoms with van der Waals surface area (Å²) in [7, 11) is 0. The van der Waals surface area contributed by atoms with Gasteiger partial charge < -0.3 is 5.32 Å². The number of carbonyl (C=O) groups excluding carboxylic acids is 3. The minimum absolute atomic E-state index is 0.0477. The van der Waals surface area contributed by atoms with Gasteiger partial charge in [-0.05, 0) is 18.6 Å². The largest absolute Gasteiger partial charge is 0.346 e. The summed E-state index contributed by atoms with van der Waals surface area (Å²) in [5, 5.41) is 2.26. The maximum Gasteiger partial charge on any atom is 0.257 e. The molecule has 1 aromatic carbocycles. The van der Waals surface area contributed by atoms with Crippen LogP contribution in [0.15, 0.2) is 48.7 Å². The second-order valence-corrected chi connectivity index (χ2v) is 6.06. The summed E-state index contributed by atoms with van der Waals surface area (Å²) < 4.78 is 0. The molecule has 0 fully saturated rings. The van der Waals surface area contributed by atoms with Crippen molar-refractivity contribution in [2.75, 3.05) is 17.7 Å². The van der Waals surface area contributed by atoms with Crippen LogP contribution in [0.25, 0.3) is 0 Å². The number of rotatable bonds is 7. The van der Waals surface area contributed by atoms with Gasteiger partial charge in [-0.2, -0.15) is 0 Å².